The van der Waals surface area contributed by atoms with E-state index in [1.54, 1.807) is 0 Å². The molecule has 8 bridgehead atoms. The smallest absolute Gasteiger partial charge is 0.237 e. The number of imidazole rings is 4. The van der Waals surface area contributed by atoms with Gasteiger partial charge in [0.1, 0.15) is 75.8 Å². The van der Waals surface area contributed by atoms with Crippen molar-refractivity contribution in [3.63, 3.8) is 0 Å². The number of benzene rings is 2. The fourth-order valence-electron chi connectivity index (χ4n) is 6.35. The summed E-state index contributed by atoms with van der Waals surface area (Å²) in [6.07, 6.45) is 31.3. The van der Waals surface area contributed by atoms with Crippen LogP contribution in [0.15, 0.2) is 123 Å². The van der Waals surface area contributed by atoms with Crippen LogP contribution in [0.5, 0.6) is 0 Å². The molecule has 0 spiro atoms. The normalized spacial score (nSPS) is 15.1. The molecule has 8 nitrogen and oxygen atoms in total. The van der Waals surface area contributed by atoms with Gasteiger partial charge in [-0.1, -0.05) is 48.5 Å². The molecule has 7 rings (SSSR count). The molecule has 224 valence electrons. The van der Waals surface area contributed by atoms with Gasteiger partial charge in [0.15, 0.2) is 0 Å². The number of nitrogens with zero attached hydrogens (tertiary/aromatic N) is 8. The van der Waals surface area contributed by atoms with E-state index in [1.165, 1.54) is 22.3 Å². The highest BCUT2D eigenvalue weighted by Crippen LogP contribution is 2.11. The quantitative estimate of drug-likeness (QED) is 0.244. The van der Waals surface area contributed by atoms with Crippen molar-refractivity contribution in [1.29, 1.82) is 0 Å². The van der Waals surface area contributed by atoms with Crippen molar-refractivity contribution in [2.24, 2.45) is 0 Å². The second-order valence-electron chi connectivity index (χ2n) is 12.2. The summed E-state index contributed by atoms with van der Waals surface area (Å²) >= 11 is 0. The van der Waals surface area contributed by atoms with Crippen molar-refractivity contribution in [1.82, 2.24) is 18.3 Å². The average molecular weight is 589 g/mol. The maximum absolute atomic E-state index is 2.32. The molecule has 0 atom stereocenters. The summed E-state index contributed by atoms with van der Waals surface area (Å²) in [6.45, 7) is 7.68. The Morgan fingerprint density at radius 3 is 0.864 bits per heavy atom. The van der Waals surface area contributed by atoms with Crippen LogP contribution in [0.4, 0.5) is 0 Å². The molecule has 0 radical (unpaired) electrons. The first kappa shape index (κ1) is 28.1. The molecule has 6 aromatic rings. The predicted octanol–water partition coefficient (Wildman–Crippen LogP) is 3.51. The molecule has 1 aliphatic rings. The molecule has 0 saturated heterocycles. The molecular formula is C36H44N8+4. The van der Waals surface area contributed by atoms with E-state index in [1.807, 2.05) is 0 Å². The number of aromatic nitrogens is 8. The summed E-state index contributed by atoms with van der Waals surface area (Å²) in [5, 5.41) is 0. The number of fused-ring (bicyclic) bond motifs is 10. The third-order valence-electron chi connectivity index (χ3n) is 8.80. The summed E-state index contributed by atoms with van der Waals surface area (Å²) < 4.78 is 18.5. The molecule has 1 aliphatic heterocycles. The Morgan fingerprint density at radius 2 is 0.614 bits per heavy atom. The fraction of sp³-hybridized carbons (Fsp3) is 0.333. The monoisotopic (exact) mass is 588 g/mol. The van der Waals surface area contributed by atoms with Gasteiger partial charge < -0.3 is 0 Å². The minimum Gasteiger partial charge on any atom is -0.237 e. The third-order valence-corrected chi connectivity index (χ3v) is 8.80. The van der Waals surface area contributed by atoms with Crippen molar-refractivity contribution in [3.8, 4) is 0 Å². The number of aryl methyl sites for hydroxylation is 4. The molecule has 44 heavy (non-hydrogen) atoms. The zero-order chi connectivity index (χ0) is 29.6. The van der Waals surface area contributed by atoms with Crippen LogP contribution in [0, 0.1) is 0 Å². The van der Waals surface area contributed by atoms with E-state index in [2.05, 4.69) is 160 Å². The minimum atomic E-state index is 0.885. The molecular weight excluding hydrogens is 544 g/mol. The van der Waals surface area contributed by atoms with Gasteiger partial charge in [-0.25, -0.2) is 36.5 Å². The van der Waals surface area contributed by atoms with Crippen LogP contribution < -0.4 is 18.3 Å². The Hall–Kier alpha value is -4.72. The summed E-state index contributed by atoms with van der Waals surface area (Å²) in [5.74, 6) is 0. The van der Waals surface area contributed by atoms with Crippen LogP contribution >= 0.6 is 0 Å². The topological polar surface area (TPSA) is 35.2 Å². The second-order valence-corrected chi connectivity index (χ2v) is 12.2. The first-order chi connectivity index (χ1) is 21.7. The van der Waals surface area contributed by atoms with Crippen LogP contribution in [-0.4, -0.2) is 18.3 Å². The molecule has 0 fully saturated rings. The van der Waals surface area contributed by atoms with Gasteiger partial charge in [-0.15, -0.1) is 0 Å². The van der Waals surface area contributed by atoms with Crippen molar-refractivity contribution in [2.45, 2.75) is 78.0 Å². The largest absolute Gasteiger partial charge is 0.244 e. The lowest BCUT2D eigenvalue weighted by Gasteiger charge is -2.06. The molecule has 0 N–H and O–H groups in total. The van der Waals surface area contributed by atoms with Crippen molar-refractivity contribution in [3.05, 3.63) is 146 Å². The van der Waals surface area contributed by atoms with Crippen LogP contribution in [0.2, 0.25) is 0 Å². The third kappa shape index (κ3) is 7.08. The second kappa shape index (κ2) is 13.3. The molecule has 4 aromatic heterocycles. The first-order valence-electron chi connectivity index (χ1n) is 16.1. The fourth-order valence-corrected chi connectivity index (χ4v) is 6.35. The Kier molecular flexibility index (Phi) is 8.48. The van der Waals surface area contributed by atoms with Gasteiger partial charge in [0.05, 0.1) is 26.2 Å². The number of rotatable bonds is 0. The lowest BCUT2D eigenvalue weighted by molar-refractivity contribution is -0.693. The molecule has 0 amide bonds. The standard InChI is InChI=1S/C36H44N8/c1-2-10-34-26-42-22-18-38(30-42)14-7-8-16-40-20-24-44(32-40)28-36-12-4-3-11-35(36)27-43-23-19-39(31-43)15-6-5-13-37-17-21-41(29-37)25-33(34)9-1/h1-4,9-12,17-24,29-32H,5-8,13-16,25-28H2/q+4. The van der Waals surface area contributed by atoms with Crippen molar-refractivity contribution < 1.29 is 18.3 Å². The van der Waals surface area contributed by atoms with E-state index < -0.39 is 0 Å². The maximum Gasteiger partial charge on any atom is 0.244 e. The minimum absolute atomic E-state index is 0.885. The highest BCUT2D eigenvalue weighted by molar-refractivity contribution is 5.26. The van der Waals surface area contributed by atoms with Crippen LogP contribution in [0.3, 0.4) is 0 Å². The van der Waals surface area contributed by atoms with Gasteiger partial charge in [0, 0.05) is 22.3 Å². The van der Waals surface area contributed by atoms with Crippen molar-refractivity contribution >= 4 is 0 Å². The zero-order valence-electron chi connectivity index (χ0n) is 25.6. The summed E-state index contributed by atoms with van der Waals surface area (Å²) in [6, 6.07) is 17.7. The van der Waals surface area contributed by atoms with Crippen LogP contribution in [0.1, 0.15) is 47.9 Å². The van der Waals surface area contributed by atoms with Crippen LogP contribution in [-0.2, 0) is 52.4 Å². The predicted molar refractivity (Wildman–Crippen MR) is 166 cm³/mol. The highest BCUT2D eigenvalue weighted by Gasteiger charge is 2.14. The Labute approximate surface area is 259 Å². The maximum atomic E-state index is 2.32. The number of hydrogen-bond acceptors (Lipinski definition) is 0. The lowest BCUT2D eigenvalue weighted by atomic mass is 10.1. The Balaban J connectivity index is 1.08. The van der Waals surface area contributed by atoms with Gasteiger partial charge in [0.2, 0.25) is 25.3 Å². The van der Waals surface area contributed by atoms with E-state index in [0.29, 0.717) is 0 Å². The van der Waals surface area contributed by atoms with E-state index >= 15 is 0 Å². The lowest BCUT2D eigenvalue weighted by Crippen LogP contribution is -2.35. The first-order valence-corrected chi connectivity index (χ1v) is 16.1. The highest BCUT2D eigenvalue weighted by atomic mass is 15.1. The SMILES string of the molecule is c1ccc2c(c1)C[n+]1ccn(c1)CCCCn1cc[n+](c1)Cc1ccccc1C[n+]1ccn(c1)CCCCn1cc[n+](c1)C2. The van der Waals surface area contributed by atoms with Gasteiger partial charge >= 0.3 is 0 Å². The Morgan fingerprint density at radius 1 is 0.364 bits per heavy atom. The average Bonchev–Trinajstić information content (AvgIpc) is 3.85. The van der Waals surface area contributed by atoms with Gasteiger partial charge in [0.25, 0.3) is 0 Å². The summed E-state index contributed by atoms with van der Waals surface area (Å²) in [4.78, 5) is 0. The Bertz CT molecular complexity index is 1540. The number of hydrogen-bond donors (Lipinski definition) is 0. The van der Waals surface area contributed by atoms with Gasteiger partial charge in [-0.2, -0.15) is 0 Å². The van der Waals surface area contributed by atoms with Crippen LogP contribution in [0.25, 0.3) is 0 Å². The zero-order valence-corrected chi connectivity index (χ0v) is 25.6. The van der Waals surface area contributed by atoms with E-state index in [9.17, 15) is 0 Å². The van der Waals surface area contributed by atoms with Crippen molar-refractivity contribution in [2.75, 3.05) is 0 Å². The molecule has 8 heteroatoms. The van der Waals surface area contributed by atoms with E-state index in [0.717, 1.165) is 78.0 Å². The van der Waals surface area contributed by atoms with E-state index in [4.69, 9.17) is 0 Å². The molecule has 2 aromatic carbocycles. The molecule has 5 heterocycles. The van der Waals surface area contributed by atoms with Gasteiger partial charge in [-0.05, 0) is 25.7 Å². The molecule has 0 aliphatic carbocycles. The van der Waals surface area contributed by atoms with E-state index in [-0.39, 0.29) is 0 Å². The summed E-state index contributed by atoms with van der Waals surface area (Å²) in [5.41, 5.74) is 5.49. The molecule has 0 unspecified atom stereocenters. The van der Waals surface area contributed by atoms with Gasteiger partial charge in [-0.3, -0.25) is 0 Å². The summed E-state index contributed by atoms with van der Waals surface area (Å²) in [7, 11) is 0. The molecule has 0 saturated carbocycles.